The van der Waals surface area contributed by atoms with E-state index in [1.807, 2.05) is 21.9 Å². The molecule has 6 heterocycles. The zero-order valence-electron chi connectivity index (χ0n) is 21.0. The van der Waals surface area contributed by atoms with Crippen LogP contribution in [0.3, 0.4) is 0 Å². The average Bonchev–Trinajstić information content (AvgIpc) is 3.23. The lowest BCUT2D eigenvalue weighted by molar-refractivity contribution is -0.113. The summed E-state index contributed by atoms with van der Waals surface area (Å²) in [7, 11) is 1.54. The molecule has 3 aromatic rings. The fourth-order valence-corrected chi connectivity index (χ4v) is 6.13. The van der Waals surface area contributed by atoms with Crippen LogP contribution in [0.1, 0.15) is 17.7 Å². The third kappa shape index (κ3) is 4.85. The lowest BCUT2D eigenvalue weighted by atomic mass is 10.1. The van der Waals surface area contributed by atoms with Gasteiger partial charge in [-0.15, -0.1) is 11.8 Å². The maximum Gasteiger partial charge on any atom is 0.320 e. The molecule has 198 valence electrons. The largest absolute Gasteiger partial charge is 0.481 e. The van der Waals surface area contributed by atoms with Crippen LogP contribution in [0.5, 0.6) is 5.88 Å². The highest BCUT2D eigenvalue weighted by Gasteiger charge is 2.40. The third-order valence-electron chi connectivity index (χ3n) is 7.25. The fourth-order valence-electron chi connectivity index (χ4n) is 5.37. The Labute approximate surface area is 223 Å². The number of hydrogen-bond acceptors (Lipinski definition) is 8. The molecule has 0 aliphatic carbocycles. The monoisotopic (exact) mass is 537 g/mol. The first-order valence-electron chi connectivity index (χ1n) is 12.7. The van der Waals surface area contributed by atoms with Crippen molar-refractivity contribution in [1.29, 1.82) is 0 Å². The Hall–Kier alpha value is -3.51. The number of carbonyl (C=O) groups is 2. The summed E-state index contributed by atoms with van der Waals surface area (Å²) in [6, 6.07) is 7.53. The Kier molecular flexibility index (Phi) is 6.75. The van der Waals surface area contributed by atoms with Gasteiger partial charge in [0.1, 0.15) is 11.6 Å². The molecule has 0 radical (unpaired) electrons. The average molecular weight is 538 g/mol. The number of anilines is 1. The number of thioether (sulfide) groups is 1. The van der Waals surface area contributed by atoms with E-state index in [1.54, 1.807) is 12.1 Å². The summed E-state index contributed by atoms with van der Waals surface area (Å²) in [5.74, 6) is 0.996. The van der Waals surface area contributed by atoms with Crippen molar-refractivity contribution < 1.29 is 18.7 Å². The molecule has 6 rings (SSSR count). The predicted molar refractivity (Wildman–Crippen MR) is 141 cm³/mol. The molecule has 1 unspecified atom stereocenters. The zero-order chi connectivity index (χ0) is 26.2. The normalized spacial score (nSPS) is 19.5. The molecule has 38 heavy (non-hydrogen) atoms. The molecule has 3 amide bonds. The molecule has 3 aliphatic heterocycles. The predicted octanol–water partition coefficient (Wildman–Crippen LogP) is 2.77. The highest BCUT2D eigenvalue weighted by Crippen LogP contribution is 2.31. The Morgan fingerprint density at radius 2 is 2.05 bits per heavy atom. The standard InChI is InChI=1S/C26H28FN7O3S/c1-37-23-7-5-20-24(31-23)18(19(27)11-28-20)3-2-8-32-9-10-34-17(13-32)14-33(26(34)36)12-16-4-6-21-25(29-16)30-22(35)15-38-21/h4-7,11,17H,2-3,8-10,12-15H2,1H3,(H,29,30,35). The maximum atomic E-state index is 14.6. The Morgan fingerprint density at radius 1 is 1.16 bits per heavy atom. The number of methoxy groups -OCH3 is 1. The molecule has 0 saturated carbocycles. The van der Waals surface area contributed by atoms with E-state index in [2.05, 4.69) is 25.2 Å². The number of ether oxygens (including phenoxy) is 1. The van der Waals surface area contributed by atoms with Crippen molar-refractivity contribution in [2.24, 2.45) is 0 Å². The van der Waals surface area contributed by atoms with E-state index in [0.717, 1.165) is 36.6 Å². The van der Waals surface area contributed by atoms with Crippen molar-refractivity contribution in [2.75, 3.05) is 50.9 Å². The number of nitrogens with one attached hydrogen (secondary N) is 1. The summed E-state index contributed by atoms with van der Waals surface area (Å²) in [6.07, 6.45) is 2.56. The second-order valence-electron chi connectivity index (χ2n) is 9.71. The minimum atomic E-state index is -0.353. The van der Waals surface area contributed by atoms with E-state index in [4.69, 9.17) is 4.74 Å². The highest BCUT2D eigenvalue weighted by atomic mass is 32.2. The smallest absolute Gasteiger partial charge is 0.320 e. The van der Waals surface area contributed by atoms with Gasteiger partial charge in [0, 0.05) is 37.8 Å². The number of carbonyl (C=O) groups excluding carboxylic acids is 2. The minimum absolute atomic E-state index is 0.0259. The first-order valence-corrected chi connectivity index (χ1v) is 13.7. The van der Waals surface area contributed by atoms with Gasteiger partial charge in [-0.1, -0.05) is 0 Å². The molecule has 2 fully saturated rings. The van der Waals surface area contributed by atoms with Gasteiger partial charge in [-0.25, -0.2) is 19.2 Å². The molecule has 1 N–H and O–H groups in total. The molecule has 12 heteroatoms. The molecule has 0 spiro atoms. The third-order valence-corrected chi connectivity index (χ3v) is 8.30. The topological polar surface area (TPSA) is 104 Å². The van der Waals surface area contributed by atoms with Crippen molar-refractivity contribution in [3.05, 3.63) is 47.5 Å². The quantitative estimate of drug-likeness (QED) is 0.491. The lowest BCUT2D eigenvalue weighted by Crippen LogP contribution is -2.52. The Bertz CT molecular complexity index is 1410. The number of urea groups is 1. The molecule has 0 aromatic carbocycles. The number of halogens is 1. The van der Waals surface area contributed by atoms with E-state index < -0.39 is 0 Å². The molecule has 3 aromatic heterocycles. The number of nitrogens with zero attached hydrogens (tertiary/aromatic N) is 6. The van der Waals surface area contributed by atoms with Crippen LogP contribution in [0.4, 0.5) is 15.0 Å². The van der Waals surface area contributed by atoms with Gasteiger partial charge in [0.2, 0.25) is 11.8 Å². The molecule has 1 atom stereocenters. The van der Waals surface area contributed by atoms with Gasteiger partial charge in [-0.05, 0) is 37.6 Å². The second-order valence-corrected chi connectivity index (χ2v) is 10.7. The molecular weight excluding hydrogens is 509 g/mol. The van der Waals surface area contributed by atoms with E-state index in [-0.39, 0.29) is 23.8 Å². The van der Waals surface area contributed by atoms with Crippen molar-refractivity contribution >= 4 is 40.6 Å². The van der Waals surface area contributed by atoms with Crippen molar-refractivity contribution in [3.63, 3.8) is 0 Å². The molecule has 2 saturated heterocycles. The van der Waals surface area contributed by atoms with Gasteiger partial charge in [0.05, 0.1) is 53.3 Å². The minimum Gasteiger partial charge on any atom is -0.481 e. The van der Waals surface area contributed by atoms with E-state index >= 15 is 0 Å². The summed E-state index contributed by atoms with van der Waals surface area (Å²) in [5.41, 5.74) is 2.51. The van der Waals surface area contributed by atoms with Gasteiger partial charge in [-0.2, -0.15) is 0 Å². The first-order chi connectivity index (χ1) is 18.5. The van der Waals surface area contributed by atoms with Crippen LogP contribution in [-0.2, 0) is 17.8 Å². The zero-order valence-corrected chi connectivity index (χ0v) is 21.8. The van der Waals surface area contributed by atoms with Crippen LogP contribution in [0.2, 0.25) is 0 Å². The number of aryl methyl sites for hydroxylation is 1. The van der Waals surface area contributed by atoms with Crippen LogP contribution in [-0.4, -0.2) is 93.2 Å². The Morgan fingerprint density at radius 3 is 2.92 bits per heavy atom. The van der Waals surface area contributed by atoms with Crippen molar-refractivity contribution in [2.45, 2.75) is 30.3 Å². The maximum absolute atomic E-state index is 14.6. The number of aromatic nitrogens is 3. The number of rotatable bonds is 7. The number of piperazine rings is 1. The van der Waals surface area contributed by atoms with E-state index in [0.29, 0.717) is 60.1 Å². The fraction of sp³-hybridized carbons (Fsp3) is 0.423. The summed E-state index contributed by atoms with van der Waals surface area (Å²) in [4.78, 5) is 45.0. The molecule has 10 nitrogen and oxygen atoms in total. The van der Waals surface area contributed by atoms with Gasteiger partial charge in [-0.3, -0.25) is 14.7 Å². The lowest BCUT2D eigenvalue weighted by Gasteiger charge is -2.36. The summed E-state index contributed by atoms with van der Waals surface area (Å²) in [6.45, 7) is 4.05. The summed E-state index contributed by atoms with van der Waals surface area (Å²) >= 11 is 1.47. The second kappa shape index (κ2) is 10.3. The van der Waals surface area contributed by atoms with Gasteiger partial charge in [0.25, 0.3) is 0 Å². The van der Waals surface area contributed by atoms with Crippen molar-refractivity contribution in [3.8, 4) is 5.88 Å². The molecule has 0 bridgehead atoms. The first kappa shape index (κ1) is 24.8. The van der Waals surface area contributed by atoms with E-state index in [1.165, 1.54) is 25.1 Å². The van der Waals surface area contributed by atoms with Crippen LogP contribution in [0.25, 0.3) is 11.0 Å². The van der Waals surface area contributed by atoms with Crippen LogP contribution >= 0.6 is 11.8 Å². The number of fused-ring (bicyclic) bond motifs is 3. The molecular formula is C26H28FN7O3S. The van der Waals surface area contributed by atoms with Crippen LogP contribution < -0.4 is 10.1 Å². The number of hydrogen-bond donors (Lipinski definition) is 1. The van der Waals surface area contributed by atoms with E-state index in [9.17, 15) is 14.0 Å². The van der Waals surface area contributed by atoms with Crippen molar-refractivity contribution in [1.82, 2.24) is 29.7 Å². The summed E-state index contributed by atoms with van der Waals surface area (Å²) in [5, 5.41) is 2.81. The van der Waals surface area contributed by atoms with Crippen LogP contribution in [0.15, 0.2) is 35.4 Å². The van der Waals surface area contributed by atoms with Gasteiger partial charge >= 0.3 is 6.03 Å². The van der Waals surface area contributed by atoms with Crippen LogP contribution in [0, 0.1) is 5.82 Å². The van der Waals surface area contributed by atoms with Gasteiger partial charge in [0.15, 0.2) is 0 Å². The number of pyridine rings is 3. The Balaban J connectivity index is 1.06. The van der Waals surface area contributed by atoms with Gasteiger partial charge < -0.3 is 19.9 Å². The molecule has 3 aliphatic rings. The summed E-state index contributed by atoms with van der Waals surface area (Å²) < 4.78 is 19.9. The number of amides is 3. The SMILES string of the molecule is COc1ccc2ncc(F)c(CCCN3CCN4C(=O)N(Cc5ccc6c(n5)NC(=O)CS6)CC4C3)c2n1. The highest BCUT2D eigenvalue weighted by molar-refractivity contribution is 8.00.